The maximum Gasteiger partial charge on any atom is 0.0845 e. The van der Waals surface area contributed by atoms with E-state index in [-0.39, 0.29) is 0 Å². The average Bonchev–Trinajstić information content (AvgIpc) is 2.19. The molecule has 0 amide bonds. The van der Waals surface area contributed by atoms with Crippen LogP contribution in [-0.2, 0) is 4.74 Å². The highest BCUT2D eigenvalue weighted by Gasteiger charge is 1.98. The molecule has 84 valence electrons. The van der Waals surface area contributed by atoms with Crippen LogP contribution in [0.2, 0.25) is 0 Å². The minimum Gasteiger partial charge on any atom is -0.502 e. The second kappa shape index (κ2) is 10.6. The van der Waals surface area contributed by atoms with E-state index in [1.54, 1.807) is 0 Å². The molecule has 0 aromatic heterocycles. The molecule has 1 nitrogen and oxygen atoms in total. The molecule has 0 N–H and O–H groups in total. The molecular formula is C13H26O. The third-order valence-corrected chi connectivity index (χ3v) is 2.45. The van der Waals surface area contributed by atoms with E-state index in [2.05, 4.69) is 19.9 Å². The molecule has 14 heavy (non-hydrogen) atoms. The monoisotopic (exact) mass is 198 g/mol. The highest BCUT2D eigenvalue weighted by molar-refractivity contribution is 4.76. The lowest BCUT2D eigenvalue weighted by Crippen LogP contribution is -1.92. The Morgan fingerprint density at radius 2 is 1.93 bits per heavy atom. The van der Waals surface area contributed by atoms with Crippen LogP contribution in [0.3, 0.4) is 0 Å². The number of unbranched alkanes of at least 4 members (excludes halogenated alkanes) is 3. The first-order valence-electron chi connectivity index (χ1n) is 6.07. The number of ether oxygens (including phenoxy) is 1. The Balaban J connectivity index is 3.23. The van der Waals surface area contributed by atoms with E-state index in [4.69, 9.17) is 4.74 Å². The maximum absolute atomic E-state index is 5.15. The zero-order chi connectivity index (χ0) is 10.6. The molecular weight excluding hydrogens is 172 g/mol. The summed E-state index contributed by atoms with van der Waals surface area (Å²) in [5, 5.41) is 0. The largest absolute Gasteiger partial charge is 0.502 e. The molecule has 0 heterocycles. The molecule has 0 aromatic carbocycles. The third kappa shape index (κ3) is 9.63. The van der Waals surface area contributed by atoms with Crippen molar-refractivity contribution in [2.45, 2.75) is 59.3 Å². The second-order valence-corrected chi connectivity index (χ2v) is 4.02. The SMILES string of the molecule is CCCCCCC(C)CC=COCC. The number of rotatable bonds is 9. The van der Waals surface area contributed by atoms with Gasteiger partial charge < -0.3 is 4.74 Å². The topological polar surface area (TPSA) is 9.23 Å². The van der Waals surface area contributed by atoms with Crippen LogP contribution in [0.5, 0.6) is 0 Å². The normalized spacial score (nSPS) is 13.4. The number of hydrogen-bond acceptors (Lipinski definition) is 1. The van der Waals surface area contributed by atoms with Crippen LogP contribution in [0.25, 0.3) is 0 Å². The Kier molecular flexibility index (Phi) is 10.3. The van der Waals surface area contributed by atoms with Crippen LogP contribution in [-0.4, -0.2) is 6.61 Å². The summed E-state index contributed by atoms with van der Waals surface area (Å²) >= 11 is 0. The van der Waals surface area contributed by atoms with Crippen LogP contribution < -0.4 is 0 Å². The molecule has 0 rings (SSSR count). The fraction of sp³-hybridized carbons (Fsp3) is 0.846. The van der Waals surface area contributed by atoms with Crippen LogP contribution in [0.15, 0.2) is 12.3 Å². The van der Waals surface area contributed by atoms with E-state index in [1.807, 2.05) is 13.2 Å². The minimum absolute atomic E-state index is 0.779. The third-order valence-electron chi connectivity index (χ3n) is 2.45. The van der Waals surface area contributed by atoms with Crippen LogP contribution in [0, 0.1) is 5.92 Å². The molecule has 1 atom stereocenters. The van der Waals surface area contributed by atoms with Gasteiger partial charge in [0.15, 0.2) is 0 Å². The molecule has 1 heteroatoms. The molecule has 0 bridgehead atoms. The van der Waals surface area contributed by atoms with Crippen molar-refractivity contribution in [1.82, 2.24) is 0 Å². The fourth-order valence-electron chi connectivity index (χ4n) is 1.49. The molecule has 0 aliphatic carbocycles. The second-order valence-electron chi connectivity index (χ2n) is 4.02. The first-order valence-corrected chi connectivity index (χ1v) is 6.07. The predicted molar refractivity (Wildman–Crippen MR) is 63.3 cm³/mol. The van der Waals surface area contributed by atoms with Gasteiger partial charge in [-0.05, 0) is 25.3 Å². The summed E-state index contributed by atoms with van der Waals surface area (Å²) in [5.74, 6) is 0.809. The molecule has 0 aromatic rings. The molecule has 0 spiro atoms. The van der Waals surface area contributed by atoms with Gasteiger partial charge in [0.1, 0.15) is 0 Å². The van der Waals surface area contributed by atoms with Crippen molar-refractivity contribution in [2.75, 3.05) is 6.61 Å². The van der Waals surface area contributed by atoms with Gasteiger partial charge in [-0.3, -0.25) is 0 Å². The van der Waals surface area contributed by atoms with Crippen molar-refractivity contribution in [1.29, 1.82) is 0 Å². The fourth-order valence-corrected chi connectivity index (χ4v) is 1.49. The Morgan fingerprint density at radius 3 is 2.57 bits per heavy atom. The molecule has 0 saturated heterocycles. The van der Waals surface area contributed by atoms with Gasteiger partial charge in [0, 0.05) is 0 Å². The van der Waals surface area contributed by atoms with Crippen molar-refractivity contribution in [3.05, 3.63) is 12.3 Å². The van der Waals surface area contributed by atoms with Gasteiger partial charge >= 0.3 is 0 Å². The molecule has 0 aliphatic heterocycles. The lowest BCUT2D eigenvalue weighted by atomic mass is 10.00. The number of hydrogen-bond donors (Lipinski definition) is 0. The van der Waals surface area contributed by atoms with E-state index < -0.39 is 0 Å². The summed E-state index contributed by atoms with van der Waals surface area (Å²) in [6, 6.07) is 0. The van der Waals surface area contributed by atoms with Crippen LogP contribution in [0.4, 0.5) is 0 Å². The lowest BCUT2D eigenvalue weighted by molar-refractivity contribution is 0.267. The summed E-state index contributed by atoms with van der Waals surface area (Å²) < 4.78 is 5.15. The van der Waals surface area contributed by atoms with Crippen molar-refractivity contribution in [3.8, 4) is 0 Å². The molecule has 1 unspecified atom stereocenters. The van der Waals surface area contributed by atoms with Gasteiger partial charge in [-0.15, -0.1) is 0 Å². The first kappa shape index (κ1) is 13.5. The Labute approximate surface area is 89.5 Å². The Morgan fingerprint density at radius 1 is 1.14 bits per heavy atom. The molecule has 0 radical (unpaired) electrons. The maximum atomic E-state index is 5.15. The molecule has 0 aliphatic rings. The zero-order valence-corrected chi connectivity index (χ0v) is 10.1. The van der Waals surface area contributed by atoms with Gasteiger partial charge in [-0.2, -0.15) is 0 Å². The van der Waals surface area contributed by atoms with Crippen LogP contribution >= 0.6 is 0 Å². The van der Waals surface area contributed by atoms with Gasteiger partial charge in [-0.25, -0.2) is 0 Å². The van der Waals surface area contributed by atoms with Gasteiger partial charge in [-0.1, -0.05) is 46.0 Å². The Bertz CT molecular complexity index is 129. The van der Waals surface area contributed by atoms with E-state index in [0.717, 1.165) is 18.9 Å². The highest BCUT2D eigenvalue weighted by Crippen LogP contribution is 2.13. The number of allylic oxidation sites excluding steroid dienone is 1. The lowest BCUT2D eigenvalue weighted by Gasteiger charge is -2.07. The summed E-state index contributed by atoms with van der Waals surface area (Å²) in [7, 11) is 0. The zero-order valence-electron chi connectivity index (χ0n) is 10.1. The van der Waals surface area contributed by atoms with E-state index >= 15 is 0 Å². The highest BCUT2D eigenvalue weighted by atomic mass is 16.5. The van der Waals surface area contributed by atoms with Crippen molar-refractivity contribution in [3.63, 3.8) is 0 Å². The van der Waals surface area contributed by atoms with E-state index in [9.17, 15) is 0 Å². The predicted octanol–water partition coefficient (Wildman–Crippen LogP) is 4.53. The quantitative estimate of drug-likeness (QED) is 0.390. The standard InChI is InChI=1S/C13H26O/c1-4-6-7-8-10-13(3)11-9-12-14-5-2/h9,12-13H,4-8,10-11H2,1-3H3. The Hall–Kier alpha value is -0.460. The van der Waals surface area contributed by atoms with E-state index in [0.29, 0.717) is 0 Å². The van der Waals surface area contributed by atoms with Gasteiger partial charge in [0.2, 0.25) is 0 Å². The summed E-state index contributed by atoms with van der Waals surface area (Å²) in [4.78, 5) is 0. The summed E-state index contributed by atoms with van der Waals surface area (Å²) in [6.45, 7) is 7.37. The van der Waals surface area contributed by atoms with E-state index in [1.165, 1.54) is 32.1 Å². The average molecular weight is 198 g/mol. The van der Waals surface area contributed by atoms with Crippen molar-refractivity contribution < 1.29 is 4.74 Å². The minimum atomic E-state index is 0.779. The van der Waals surface area contributed by atoms with Gasteiger partial charge in [0.05, 0.1) is 12.9 Å². The smallest absolute Gasteiger partial charge is 0.0845 e. The van der Waals surface area contributed by atoms with Crippen LogP contribution in [0.1, 0.15) is 59.3 Å². The molecule has 0 fully saturated rings. The van der Waals surface area contributed by atoms with Crippen molar-refractivity contribution in [2.24, 2.45) is 5.92 Å². The summed E-state index contributed by atoms with van der Waals surface area (Å²) in [6.07, 6.45) is 12.0. The van der Waals surface area contributed by atoms with Gasteiger partial charge in [0.25, 0.3) is 0 Å². The first-order chi connectivity index (χ1) is 6.81. The van der Waals surface area contributed by atoms with Crippen molar-refractivity contribution >= 4 is 0 Å². The molecule has 0 saturated carbocycles. The summed E-state index contributed by atoms with van der Waals surface area (Å²) in [5.41, 5.74) is 0.